The Morgan fingerprint density at radius 1 is 0.179 bits per heavy atom. The van der Waals surface area contributed by atoms with Crippen LogP contribution >= 0.6 is 0 Å². The van der Waals surface area contributed by atoms with Gasteiger partial charge in [0, 0.05) is 22.3 Å². The van der Waals surface area contributed by atoms with Crippen molar-refractivity contribution >= 4 is 32.3 Å². The van der Waals surface area contributed by atoms with E-state index < -0.39 is 16.2 Å². The number of rotatable bonds is 7. The third kappa shape index (κ3) is 7.18. The molecule has 2 heterocycles. The van der Waals surface area contributed by atoms with Crippen molar-refractivity contribution in [1.82, 2.24) is 0 Å². The summed E-state index contributed by atoms with van der Waals surface area (Å²) in [6, 6.07) is 131. The molecule has 0 amide bonds. The van der Waals surface area contributed by atoms with E-state index in [9.17, 15) is 0 Å². The van der Waals surface area contributed by atoms with Crippen LogP contribution in [0.4, 0.5) is 0 Å². The van der Waals surface area contributed by atoms with E-state index in [2.05, 4.69) is 352 Å². The van der Waals surface area contributed by atoms with Crippen LogP contribution < -0.4 is 9.47 Å². The highest BCUT2D eigenvalue weighted by Gasteiger charge is 2.54. The fraction of sp³-hybridized carbons (Fsp3) is 0.0323. The minimum absolute atomic E-state index is 0.610. The third-order valence-electron chi connectivity index (χ3n) is 21.5. The minimum Gasteiger partial charge on any atom is -0.457 e. The molecule has 0 aromatic heterocycles. The first kappa shape index (κ1) is 53.6. The molecule has 1 spiro atoms. The second-order valence-electron chi connectivity index (χ2n) is 25.8. The molecule has 2 aliphatic carbocycles. The number of hydrogen-bond acceptors (Lipinski definition) is 2. The van der Waals surface area contributed by atoms with Gasteiger partial charge in [0.2, 0.25) is 0 Å². The second kappa shape index (κ2) is 20.4. The van der Waals surface area contributed by atoms with E-state index in [4.69, 9.17) is 9.47 Å². The van der Waals surface area contributed by atoms with Crippen molar-refractivity contribution in [3.8, 4) is 78.6 Å². The predicted octanol–water partition coefficient (Wildman–Crippen LogP) is 23.5. The Labute approximate surface area is 551 Å². The van der Waals surface area contributed by atoms with Crippen LogP contribution in [0.2, 0.25) is 0 Å². The first-order valence-corrected chi connectivity index (χ1v) is 33.1. The van der Waals surface area contributed by atoms with Gasteiger partial charge in [-0.25, -0.2) is 0 Å². The zero-order valence-electron chi connectivity index (χ0n) is 51.8. The Morgan fingerprint density at radius 2 is 0.537 bits per heavy atom. The maximum absolute atomic E-state index is 7.25. The summed E-state index contributed by atoms with van der Waals surface area (Å²) in [4.78, 5) is 0. The molecule has 2 nitrogen and oxygen atoms in total. The smallest absolute Gasteiger partial charge is 0.132 e. The zero-order valence-corrected chi connectivity index (χ0v) is 51.8. The van der Waals surface area contributed by atoms with Crippen molar-refractivity contribution in [3.05, 3.63) is 419 Å². The normalized spacial score (nSPS) is 15.3. The molecule has 0 fully saturated rings. The number of ether oxygens (including phenoxy) is 2. The Hall–Kier alpha value is -12.1. The summed E-state index contributed by atoms with van der Waals surface area (Å²) >= 11 is 0. The fourth-order valence-electron chi connectivity index (χ4n) is 18.1. The third-order valence-corrected chi connectivity index (χ3v) is 21.5. The van der Waals surface area contributed by atoms with E-state index in [1.165, 1.54) is 66.4 Å². The lowest BCUT2D eigenvalue weighted by Gasteiger charge is -2.43. The van der Waals surface area contributed by atoms with E-state index in [1.54, 1.807) is 0 Å². The van der Waals surface area contributed by atoms with Crippen LogP contribution in [0.1, 0.15) is 66.8 Å². The molecule has 1 unspecified atom stereocenters. The van der Waals surface area contributed by atoms with Gasteiger partial charge in [-0.2, -0.15) is 0 Å². The van der Waals surface area contributed by atoms with Crippen molar-refractivity contribution in [2.45, 2.75) is 16.2 Å². The van der Waals surface area contributed by atoms with Crippen LogP contribution in [0.15, 0.2) is 352 Å². The van der Waals surface area contributed by atoms with Crippen LogP contribution in [-0.2, 0) is 16.2 Å². The highest BCUT2D eigenvalue weighted by molar-refractivity contribution is 6.22. The lowest BCUT2D eigenvalue weighted by molar-refractivity contribution is 0.435. The molecule has 4 aliphatic rings. The predicted molar refractivity (Wildman–Crippen MR) is 388 cm³/mol. The number of fused-ring (bicyclic) bond motifs is 18. The Morgan fingerprint density at radius 3 is 1.07 bits per heavy atom. The van der Waals surface area contributed by atoms with Crippen molar-refractivity contribution in [1.29, 1.82) is 0 Å². The van der Waals surface area contributed by atoms with Gasteiger partial charge in [0.1, 0.15) is 23.0 Å². The van der Waals surface area contributed by atoms with E-state index in [1.807, 2.05) is 0 Å². The summed E-state index contributed by atoms with van der Waals surface area (Å²) in [6.45, 7) is 0. The van der Waals surface area contributed by atoms with Gasteiger partial charge in [-0.05, 0) is 163 Å². The Kier molecular flexibility index (Phi) is 11.5. The SMILES string of the molecule is c1ccc(C2(c3ccccc3)c3ccccc3Oc3cccc(-c4cccc5c(-c6cccc7c6-c6ccccc6C76c7ccccc7-c7ccc8ccccc8c76)c6cccc(-c7cccc8c7C(c7ccccc7)(c7ccccc7)c7ccccc7O8)c6cc45)c32)cc1. The van der Waals surface area contributed by atoms with Gasteiger partial charge in [0.25, 0.3) is 0 Å². The largest absolute Gasteiger partial charge is 0.457 e. The first-order valence-electron chi connectivity index (χ1n) is 33.1. The number of para-hydroxylation sites is 2. The van der Waals surface area contributed by atoms with E-state index in [-0.39, 0.29) is 0 Å². The van der Waals surface area contributed by atoms with Gasteiger partial charge in [0.05, 0.1) is 16.2 Å². The van der Waals surface area contributed by atoms with Gasteiger partial charge >= 0.3 is 0 Å². The molecule has 2 heteroatoms. The Balaban J connectivity index is 0.943. The summed E-state index contributed by atoms with van der Waals surface area (Å²) in [5, 5.41) is 7.10. The summed E-state index contributed by atoms with van der Waals surface area (Å²) in [5.74, 6) is 3.35. The molecule has 16 aromatic rings. The van der Waals surface area contributed by atoms with Gasteiger partial charge in [-0.1, -0.05) is 322 Å². The summed E-state index contributed by atoms with van der Waals surface area (Å²) in [5.41, 5.74) is 24.0. The van der Waals surface area contributed by atoms with Crippen molar-refractivity contribution < 1.29 is 9.47 Å². The highest BCUT2D eigenvalue weighted by Crippen LogP contribution is 2.67. The molecule has 0 radical (unpaired) electrons. The maximum atomic E-state index is 7.25. The highest BCUT2D eigenvalue weighted by atomic mass is 16.5. The van der Waals surface area contributed by atoms with Crippen molar-refractivity contribution in [2.24, 2.45) is 0 Å². The first-order chi connectivity index (χ1) is 47.2. The number of hydrogen-bond donors (Lipinski definition) is 0. The molecular weight excluding hydrogens is 1150 g/mol. The Bertz CT molecular complexity index is 5530. The quantitative estimate of drug-likeness (QED) is 0.148. The monoisotopic (exact) mass is 1210 g/mol. The molecule has 16 aromatic carbocycles. The summed E-state index contributed by atoms with van der Waals surface area (Å²) in [6.07, 6.45) is 0. The standard InChI is InChI=1S/C93H58O2/c1-5-29-60(30-6-1)91(61-31-7-2-8-32-61)79-49-19-21-52-82(79)94-84-54-26-44-70(89(84)91)65-40-23-42-68-75(65)58-76-66(71-45-27-55-85-90(71)92(62-33-9-3-10-34-62,63-35-11-4-12-36-63)80-50-20-22-53-83(80)95-85)41-24-43-69(76)86(68)74-46-25-51-81-87(74)73-39-16-18-48-78(73)93(81)77-47-17-15-38-67(77)72-57-56-59-28-13-14-37-64(59)88(72)93/h1-58H. The van der Waals surface area contributed by atoms with Crippen LogP contribution in [0.3, 0.4) is 0 Å². The lowest BCUT2D eigenvalue weighted by Crippen LogP contribution is -2.34. The molecular formula is C93H58O2. The van der Waals surface area contributed by atoms with Crippen LogP contribution in [0, 0.1) is 0 Å². The average molecular weight is 1210 g/mol. The van der Waals surface area contributed by atoms with Crippen LogP contribution in [0.25, 0.3) is 88.0 Å². The van der Waals surface area contributed by atoms with Gasteiger partial charge in [0.15, 0.2) is 0 Å². The zero-order chi connectivity index (χ0) is 62.4. The molecule has 0 N–H and O–H groups in total. The van der Waals surface area contributed by atoms with Crippen molar-refractivity contribution in [3.63, 3.8) is 0 Å². The van der Waals surface area contributed by atoms with Crippen molar-refractivity contribution in [2.75, 3.05) is 0 Å². The van der Waals surface area contributed by atoms with Crippen LogP contribution in [-0.4, -0.2) is 0 Å². The molecule has 442 valence electrons. The van der Waals surface area contributed by atoms with Crippen LogP contribution in [0.5, 0.6) is 23.0 Å². The molecule has 0 bridgehead atoms. The van der Waals surface area contributed by atoms with E-state index in [0.717, 1.165) is 111 Å². The molecule has 0 saturated carbocycles. The molecule has 2 aliphatic heterocycles. The molecule has 0 saturated heterocycles. The topological polar surface area (TPSA) is 18.5 Å². The fourth-order valence-corrected chi connectivity index (χ4v) is 18.1. The second-order valence-corrected chi connectivity index (χ2v) is 25.8. The van der Waals surface area contributed by atoms with E-state index >= 15 is 0 Å². The number of benzene rings is 16. The lowest BCUT2D eigenvalue weighted by atomic mass is 9.62. The minimum atomic E-state index is -0.787. The van der Waals surface area contributed by atoms with E-state index in [0.29, 0.717) is 0 Å². The summed E-state index contributed by atoms with van der Waals surface area (Å²) in [7, 11) is 0. The summed E-state index contributed by atoms with van der Waals surface area (Å²) < 4.78 is 14.5. The molecule has 20 rings (SSSR count). The maximum Gasteiger partial charge on any atom is 0.132 e. The molecule has 95 heavy (non-hydrogen) atoms. The van der Waals surface area contributed by atoms with Gasteiger partial charge < -0.3 is 9.47 Å². The average Bonchev–Trinajstić information content (AvgIpc) is 1.63. The molecule has 1 atom stereocenters. The van der Waals surface area contributed by atoms with Gasteiger partial charge in [-0.3, -0.25) is 0 Å². The van der Waals surface area contributed by atoms with Gasteiger partial charge in [-0.15, -0.1) is 0 Å².